The lowest BCUT2D eigenvalue weighted by Gasteiger charge is -2.31. The predicted octanol–water partition coefficient (Wildman–Crippen LogP) is 3.71. The van der Waals surface area contributed by atoms with Crippen LogP contribution in [0.5, 0.6) is 0 Å². The maximum absolute atomic E-state index is 13.0. The molecule has 6 nitrogen and oxygen atoms in total. The van der Waals surface area contributed by atoms with Gasteiger partial charge in [-0.05, 0) is 32.8 Å². The summed E-state index contributed by atoms with van der Waals surface area (Å²) in [5, 5.41) is 4.13. The van der Waals surface area contributed by atoms with Crippen molar-refractivity contribution in [3.05, 3.63) is 59.2 Å². The first-order valence-corrected chi connectivity index (χ1v) is 9.36. The molecule has 0 radical (unpaired) electrons. The number of hydrogen-bond acceptors (Lipinski definition) is 4. The van der Waals surface area contributed by atoms with Gasteiger partial charge >= 0.3 is 0 Å². The lowest BCUT2D eigenvalue weighted by molar-refractivity contribution is 0.0695. The van der Waals surface area contributed by atoms with E-state index in [1.807, 2.05) is 62.2 Å². The van der Waals surface area contributed by atoms with Crippen LogP contribution in [0.1, 0.15) is 46.4 Å². The zero-order valence-corrected chi connectivity index (χ0v) is 16.0. The Balaban J connectivity index is 1.52. The quantitative estimate of drug-likeness (QED) is 0.711. The first kappa shape index (κ1) is 17.5. The molecule has 2 aromatic heterocycles. The highest BCUT2D eigenvalue weighted by Crippen LogP contribution is 2.29. The third-order valence-corrected chi connectivity index (χ3v) is 5.54. The number of likely N-dealkylation sites (tertiary alicyclic amines) is 1. The summed E-state index contributed by atoms with van der Waals surface area (Å²) in [7, 11) is 1.99. The molecule has 0 aliphatic carbocycles. The van der Waals surface area contributed by atoms with Crippen molar-refractivity contribution in [2.75, 3.05) is 13.1 Å². The molecule has 3 aromatic rings. The van der Waals surface area contributed by atoms with Crippen molar-refractivity contribution in [2.24, 2.45) is 7.05 Å². The number of rotatable bonds is 3. The van der Waals surface area contributed by atoms with Gasteiger partial charge in [0.25, 0.3) is 5.91 Å². The third kappa shape index (κ3) is 3.27. The smallest absolute Gasteiger partial charge is 0.255 e. The maximum atomic E-state index is 13.0. The number of carbonyl (C=O) groups excluding carboxylic acids is 1. The molecule has 1 aliphatic rings. The van der Waals surface area contributed by atoms with E-state index in [-0.39, 0.29) is 11.8 Å². The fraction of sp³-hybridized carbons (Fsp3) is 0.381. The molecule has 0 saturated carbocycles. The van der Waals surface area contributed by atoms with E-state index in [1.165, 1.54) is 0 Å². The van der Waals surface area contributed by atoms with Gasteiger partial charge in [0.15, 0.2) is 0 Å². The van der Waals surface area contributed by atoms with Crippen LogP contribution in [-0.4, -0.2) is 38.6 Å². The first-order chi connectivity index (χ1) is 13.0. The first-order valence-electron chi connectivity index (χ1n) is 9.36. The van der Waals surface area contributed by atoms with Gasteiger partial charge in [-0.3, -0.25) is 4.79 Å². The second-order valence-corrected chi connectivity index (χ2v) is 7.26. The van der Waals surface area contributed by atoms with Crippen LogP contribution in [-0.2, 0) is 7.05 Å². The minimum Gasteiger partial charge on any atom is -0.351 e. The Morgan fingerprint density at radius 1 is 1.22 bits per heavy atom. The maximum Gasteiger partial charge on any atom is 0.255 e. The molecule has 27 heavy (non-hydrogen) atoms. The number of piperidine rings is 1. The molecule has 140 valence electrons. The van der Waals surface area contributed by atoms with Gasteiger partial charge in [-0.1, -0.05) is 35.5 Å². The molecule has 1 saturated heterocycles. The molecule has 1 atom stereocenters. The summed E-state index contributed by atoms with van der Waals surface area (Å²) in [6, 6.07) is 11.8. The molecule has 0 N–H and O–H groups in total. The Morgan fingerprint density at radius 2 is 2.00 bits per heavy atom. The number of aryl methyl sites for hydroxylation is 1. The van der Waals surface area contributed by atoms with Crippen molar-refractivity contribution in [1.82, 2.24) is 19.6 Å². The monoisotopic (exact) mass is 364 g/mol. The summed E-state index contributed by atoms with van der Waals surface area (Å²) < 4.78 is 7.59. The lowest BCUT2D eigenvalue weighted by atomic mass is 9.97. The molecule has 0 bridgehead atoms. The van der Waals surface area contributed by atoms with Crippen LogP contribution < -0.4 is 0 Å². The number of hydrogen-bond donors (Lipinski definition) is 0. The van der Waals surface area contributed by atoms with E-state index < -0.39 is 0 Å². The Labute approximate surface area is 158 Å². The van der Waals surface area contributed by atoms with E-state index >= 15 is 0 Å². The molecule has 1 unspecified atom stereocenters. The van der Waals surface area contributed by atoms with Gasteiger partial charge in [0.1, 0.15) is 0 Å². The standard InChI is InChI=1S/C21H24N4O2/c1-14-12-18(15(2)24(14)3)21(26)25-11-7-10-17(13-25)20-22-19(23-27-20)16-8-5-4-6-9-16/h4-6,8-9,12,17H,7,10-11,13H2,1-3H3. The Bertz CT molecular complexity index is 958. The zero-order valence-electron chi connectivity index (χ0n) is 16.0. The normalized spacial score (nSPS) is 17.3. The largest absolute Gasteiger partial charge is 0.351 e. The summed E-state index contributed by atoms with van der Waals surface area (Å²) in [5.41, 5.74) is 3.82. The Kier molecular flexibility index (Phi) is 4.56. The number of benzene rings is 1. The molecule has 6 heteroatoms. The van der Waals surface area contributed by atoms with Crippen LogP contribution in [0.4, 0.5) is 0 Å². The number of aromatic nitrogens is 3. The summed E-state index contributed by atoms with van der Waals surface area (Å²) in [6.45, 7) is 5.39. The average molecular weight is 364 g/mol. The summed E-state index contributed by atoms with van der Waals surface area (Å²) >= 11 is 0. The third-order valence-electron chi connectivity index (χ3n) is 5.54. The van der Waals surface area contributed by atoms with E-state index in [0.29, 0.717) is 18.3 Å². The number of amides is 1. The number of carbonyl (C=O) groups is 1. The summed E-state index contributed by atoms with van der Waals surface area (Å²) in [6.07, 6.45) is 1.89. The number of nitrogens with zero attached hydrogens (tertiary/aromatic N) is 4. The molecule has 1 aliphatic heterocycles. The van der Waals surface area contributed by atoms with Crippen molar-refractivity contribution in [1.29, 1.82) is 0 Å². The molecule has 1 amide bonds. The van der Waals surface area contributed by atoms with E-state index in [2.05, 4.69) is 14.7 Å². The van der Waals surface area contributed by atoms with Gasteiger partial charge in [-0.2, -0.15) is 4.98 Å². The lowest BCUT2D eigenvalue weighted by Crippen LogP contribution is -2.39. The second kappa shape index (κ2) is 7.02. The molecule has 3 heterocycles. The topological polar surface area (TPSA) is 64.2 Å². The van der Waals surface area contributed by atoms with Crippen molar-refractivity contribution in [3.8, 4) is 11.4 Å². The van der Waals surface area contributed by atoms with E-state index in [4.69, 9.17) is 4.52 Å². The molecule has 0 spiro atoms. The highest BCUT2D eigenvalue weighted by atomic mass is 16.5. The second-order valence-electron chi connectivity index (χ2n) is 7.26. The van der Waals surface area contributed by atoms with Crippen LogP contribution >= 0.6 is 0 Å². The molecule has 1 aromatic carbocycles. The van der Waals surface area contributed by atoms with Crippen molar-refractivity contribution < 1.29 is 9.32 Å². The van der Waals surface area contributed by atoms with E-state index in [1.54, 1.807) is 0 Å². The molecule has 1 fully saturated rings. The van der Waals surface area contributed by atoms with Crippen molar-refractivity contribution >= 4 is 5.91 Å². The molecular weight excluding hydrogens is 340 g/mol. The fourth-order valence-electron chi connectivity index (χ4n) is 3.71. The van der Waals surface area contributed by atoms with Crippen LogP contribution in [0, 0.1) is 13.8 Å². The van der Waals surface area contributed by atoms with Gasteiger partial charge < -0.3 is 14.0 Å². The van der Waals surface area contributed by atoms with Gasteiger partial charge in [-0.25, -0.2) is 0 Å². The van der Waals surface area contributed by atoms with Gasteiger partial charge in [-0.15, -0.1) is 0 Å². The van der Waals surface area contributed by atoms with Gasteiger partial charge in [0.2, 0.25) is 11.7 Å². The SMILES string of the molecule is Cc1cc(C(=O)N2CCCC(c3nc(-c4ccccc4)no3)C2)c(C)n1C. The van der Waals surface area contributed by atoms with E-state index in [0.717, 1.165) is 41.9 Å². The zero-order chi connectivity index (χ0) is 19.0. The minimum atomic E-state index is 0.0813. The van der Waals surface area contributed by atoms with Crippen LogP contribution in [0.3, 0.4) is 0 Å². The molecular formula is C21H24N4O2. The van der Waals surface area contributed by atoms with Gasteiger partial charge in [0.05, 0.1) is 11.5 Å². The Hall–Kier alpha value is -2.89. The summed E-state index contributed by atoms with van der Waals surface area (Å²) in [5.74, 6) is 1.39. The van der Waals surface area contributed by atoms with Crippen molar-refractivity contribution in [3.63, 3.8) is 0 Å². The fourth-order valence-corrected chi connectivity index (χ4v) is 3.71. The Morgan fingerprint density at radius 3 is 2.70 bits per heavy atom. The van der Waals surface area contributed by atoms with Crippen LogP contribution in [0.25, 0.3) is 11.4 Å². The average Bonchev–Trinajstić information content (AvgIpc) is 3.30. The van der Waals surface area contributed by atoms with Gasteiger partial charge in [0, 0.05) is 37.1 Å². The summed E-state index contributed by atoms with van der Waals surface area (Å²) in [4.78, 5) is 19.5. The van der Waals surface area contributed by atoms with Crippen LogP contribution in [0.15, 0.2) is 40.9 Å². The highest BCUT2D eigenvalue weighted by molar-refractivity contribution is 5.95. The molecule has 4 rings (SSSR count). The predicted molar refractivity (Wildman–Crippen MR) is 102 cm³/mol. The van der Waals surface area contributed by atoms with Crippen LogP contribution in [0.2, 0.25) is 0 Å². The highest BCUT2D eigenvalue weighted by Gasteiger charge is 2.30. The van der Waals surface area contributed by atoms with Crippen molar-refractivity contribution in [2.45, 2.75) is 32.6 Å². The van der Waals surface area contributed by atoms with E-state index in [9.17, 15) is 4.79 Å². The minimum absolute atomic E-state index is 0.0813.